The lowest BCUT2D eigenvalue weighted by Gasteiger charge is -2.13. The van der Waals surface area contributed by atoms with E-state index in [9.17, 15) is 0 Å². The molecular formula is C43H25NS2. The quantitative estimate of drug-likeness (QED) is 0.179. The molecule has 3 heteroatoms. The van der Waals surface area contributed by atoms with E-state index in [0.717, 1.165) is 10.9 Å². The third-order valence-corrected chi connectivity index (χ3v) is 11.7. The summed E-state index contributed by atoms with van der Waals surface area (Å²) < 4.78 is 5.32. The highest BCUT2D eigenvalue weighted by Gasteiger charge is 2.16. The first-order valence-electron chi connectivity index (χ1n) is 15.5. The standard InChI is InChI=1S/C43H25NS2/c1-3-15-39-34(9-1)36-13-5-11-32(42(36)45-39)30-22-29(28-20-18-26-17-19-27-8-7-21-44-41(27)38(26)25-28)23-31(24-30)33-12-6-14-37-35-10-2-4-16-40(35)46-43(33)37/h1-25H. The van der Waals surface area contributed by atoms with Crippen LogP contribution in [0.1, 0.15) is 0 Å². The van der Waals surface area contributed by atoms with E-state index in [1.165, 1.54) is 84.5 Å². The highest BCUT2D eigenvalue weighted by molar-refractivity contribution is 7.26. The largest absolute Gasteiger partial charge is 0.256 e. The van der Waals surface area contributed by atoms with Gasteiger partial charge in [0, 0.05) is 57.3 Å². The zero-order valence-electron chi connectivity index (χ0n) is 24.7. The van der Waals surface area contributed by atoms with Crippen molar-refractivity contribution in [3.05, 3.63) is 152 Å². The first kappa shape index (κ1) is 25.9. The smallest absolute Gasteiger partial charge is 0.0780 e. The number of nitrogens with zero attached hydrogens (tertiary/aromatic N) is 1. The van der Waals surface area contributed by atoms with Gasteiger partial charge in [-0.3, -0.25) is 4.98 Å². The van der Waals surface area contributed by atoms with Crippen LogP contribution in [-0.2, 0) is 0 Å². The van der Waals surface area contributed by atoms with Crippen LogP contribution in [0.2, 0.25) is 0 Å². The first-order chi connectivity index (χ1) is 22.8. The maximum absolute atomic E-state index is 4.79. The van der Waals surface area contributed by atoms with E-state index >= 15 is 0 Å². The van der Waals surface area contributed by atoms with Crippen LogP contribution in [0.15, 0.2) is 152 Å². The summed E-state index contributed by atoms with van der Waals surface area (Å²) in [6.45, 7) is 0. The van der Waals surface area contributed by atoms with E-state index in [0.29, 0.717) is 0 Å². The summed E-state index contributed by atoms with van der Waals surface area (Å²) in [6, 6.07) is 53.6. The Bertz CT molecular complexity index is 2690. The lowest BCUT2D eigenvalue weighted by atomic mass is 9.91. The summed E-state index contributed by atoms with van der Waals surface area (Å²) in [4.78, 5) is 4.79. The van der Waals surface area contributed by atoms with Gasteiger partial charge in [0.25, 0.3) is 0 Å². The second-order valence-corrected chi connectivity index (χ2v) is 14.0. The Balaban J connectivity index is 1.27. The molecule has 0 aliphatic rings. The molecule has 0 radical (unpaired) electrons. The van der Waals surface area contributed by atoms with Crippen LogP contribution < -0.4 is 0 Å². The summed E-state index contributed by atoms with van der Waals surface area (Å²) in [7, 11) is 0. The molecule has 3 aromatic heterocycles. The number of thiophene rings is 2. The molecule has 7 aromatic carbocycles. The molecule has 0 N–H and O–H groups in total. The molecule has 0 atom stereocenters. The monoisotopic (exact) mass is 619 g/mol. The van der Waals surface area contributed by atoms with Gasteiger partial charge in [-0.25, -0.2) is 0 Å². The molecule has 0 fully saturated rings. The van der Waals surface area contributed by atoms with Crippen molar-refractivity contribution in [3.8, 4) is 33.4 Å². The number of aromatic nitrogens is 1. The molecule has 3 heterocycles. The summed E-state index contributed by atoms with van der Waals surface area (Å²) in [6.07, 6.45) is 1.89. The van der Waals surface area contributed by atoms with Crippen molar-refractivity contribution in [3.63, 3.8) is 0 Å². The van der Waals surface area contributed by atoms with E-state index in [-0.39, 0.29) is 0 Å². The van der Waals surface area contributed by atoms with Gasteiger partial charge in [-0.15, -0.1) is 22.7 Å². The fourth-order valence-corrected chi connectivity index (χ4v) is 9.57. The predicted molar refractivity (Wildman–Crippen MR) is 201 cm³/mol. The Morgan fingerprint density at radius 3 is 1.61 bits per heavy atom. The Morgan fingerprint density at radius 1 is 0.370 bits per heavy atom. The van der Waals surface area contributed by atoms with Gasteiger partial charge in [0.05, 0.1) is 5.52 Å². The van der Waals surface area contributed by atoms with Crippen LogP contribution >= 0.6 is 22.7 Å². The molecule has 0 saturated heterocycles. The van der Waals surface area contributed by atoms with Crippen LogP contribution in [-0.4, -0.2) is 4.98 Å². The highest BCUT2D eigenvalue weighted by atomic mass is 32.1. The molecule has 0 aliphatic carbocycles. The average Bonchev–Trinajstić information content (AvgIpc) is 3.70. The van der Waals surface area contributed by atoms with Gasteiger partial charge in [-0.1, -0.05) is 103 Å². The van der Waals surface area contributed by atoms with Crippen molar-refractivity contribution in [2.75, 3.05) is 0 Å². The SMILES string of the molecule is c1cnc2c(c1)ccc1ccc(-c3cc(-c4cccc5c4sc4ccccc45)cc(-c4cccc5c4sc4ccccc45)c3)cc12. The van der Waals surface area contributed by atoms with Gasteiger partial charge < -0.3 is 0 Å². The van der Waals surface area contributed by atoms with Crippen molar-refractivity contribution in [2.24, 2.45) is 0 Å². The van der Waals surface area contributed by atoms with Crippen LogP contribution in [0.25, 0.3) is 95.4 Å². The van der Waals surface area contributed by atoms with E-state index in [4.69, 9.17) is 4.98 Å². The first-order valence-corrected chi connectivity index (χ1v) is 17.2. The Labute approximate surface area is 273 Å². The lowest BCUT2D eigenvalue weighted by Crippen LogP contribution is -1.88. The van der Waals surface area contributed by atoms with E-state index in [1.807, 2.05) is 34.9 Å². The number of benzene rings is 7. The third-order valence-electron chi connectivity index (χ3n) is 9.29. The lowest BCUT2D eigenvalue weighted by molar-refractivity contribution is 1.43. The maximum Gasteiger partial charge on any atom is 0.0780 e. The minimum Gasteiger partial charge on any atom is -0.256 e. The molecule has 0 saturated carbocycles. The van der Waals surface area contributed by atoms with Crippen molar-refractivity contribution < 1.29 is 0 Å². The number of fused-ring (bicyclic) bond motifs is 9. The molecule has 0 amide bonds. The van der Waals surface area contributed by atoms with E-state index in [2.05, 4.69) is 140 Å². The van der Waals surface area contributed by atoms with Crippen molar-refractivity contribution in [1.29, 1.82) is 0 Å². The van der Waals surface area contributed by atoms with Gasteiger partial charge in [0.15, 0.2) is 0 Å². The molecule has 1 nitrogen and oxygen atoms in total. The molecule has 10 aromatic rings. The molecule has 0 bridgehead atoms. The van der Waals surface area contributed by atoms with Crippen LogP contribution in [0.5, 0.6) is 0 Å². The van der Waals surface area contributed by atoms with Gasteiger partial charge >= 0.3 is 0 Å². The topological polar surface area (TPSA) is 12.9 Å². The van der Waals surface area contributed by atoms with Crippen LogP contribution in [0, 0.1) is 0 Å². The zero-order chi connectivity index (χ0) is 30.2. The third kappa shape index (κ3) is 3.96. The number of hydrogen-bond donors (Lipinski definition) is 0. The second kappa shape index (κ2) is 10.1. The predicted octanol–water partition coefficient (Wildman–Crippen LogP) is 13.1. The second-order valence-electron chi connectivity index (χ2n) is 11.9. The molecule has 0 aliphatic heterocycles. The summed E-state index contributed by atoms with van der Waals surface area (Å²) in [5, 5.41) is 8.83. The Morgan fingerprint density at radius 2 is 0.935 bits per heavy atom. The summed E-state index contributed by atoms with van der Waals surface area (Å²) in [5.41, 5.74) is 8.47. The number of hydrogen-bond acceptors (Lipinski definition) is 3. The summed E-state index contributed by atoms with van der Waals surface area (Å²) in [5.74, 6) is 0. The average molecular weight is 620 g/mol. The Kier molecular flexibility index (Phi) is 5.68. The number of pyridine rings is 1. The molecule has 10 rings (SSSR count). The highest BCUT2D eigenvalue weighted by Crippen LogP contribution is 2.45. The van der Waals surface area contributed by atoms with Crippen molar-refractivity contribution >= 4 is 84.7 Å². The van der Waals surface area contributed by atoms with Gasteiger partial charge in [-0.2, -0.15) is 0 Å². The minimum absolute atomic E-state index is 1.04. The van der Waals surface area contributed by atoms with E-state index in [1.54, 1.807) is 0 Å². The molecule has 214 valence electrons. The fraction of sp³-hybridized carbons (Fsp3) is 0. The molecular weight excluding hydrogens is 595 g/mol. The van der Waals surface area contributed by atoms with Crippen LogP contribution in [0.3, 0.4) is 0 Å². The minimum atomic E-state index is 1.04. The molecule has 0 unspecified atom stereocenters. The van der Waals surface area contributed by atoms with Crippen molar-refractivity contribution in [2.45, 2.75) is 0 Å². The fourth-order valence-electron chi connectivity index (χ4n) is 7.10. The van der Waals surface area contributed by atoms with Gasteiger partial charge in [-0.05, 0) is 81.2 Å². The summed E-state index contributed by atoms with van der Waals surface area (Å²) >= 11 is 3.78. The maximum atomic E-state index is 4.79. The number of rotatable bonds is 3. The molecule has 0 spiro atoms. The molecule has 46 heavy (non-hydrogen) atoms. The zero-order valence-corrected chi connectivity index (χ0v) is 26.3. The van der Waals surface area contributed by atoms with Gasteiger partial charge in [0.1, 0.15) is 0 Å². The van der Waals surface area contributed by atoms with Crippen LogP contribution in [0.4, 0.5) is 0 Å². The van der Waals surface area contributed by atoms with Crippen molar-refractivity contribution in [1.82, 2.24) is 4.98 Å². The Hall–Kier alpha value is -5.35. The van der Waals surface area contributed by atoms with E-state index < -0.39 is 0 Å². The van der Waals surface area contributed by atoms with Gasteiger partial charge in [0.2, 0.25) is 0 Å². The normalized spacial score (nSPS) is 11.9.